The lowest BCUT2D eigenvalue weighted by Gasteiger charge is -2.24. The van der Waals surface area contributed by atoms with Gasteiger partial charge in [0.05, 0.1) is 27.7 Å². The molecule has 31 heavy (non-hydrogen) atoms. The van der Waals surface area contributed by atoms with Crippen molar-refractivity contribution in [1.29, 1.82) is 0 Å². The zero-order valence-electron chi connectivity index (χ0n) is 20.0. The van der Waals surface area contributed by atoms with Crippen LogP contribution in [-0.4, -0.2) is 74.9 Å². The fourth-order valence-corrected chi connectivity index (χ4v) is 3.21. The number of carbonyl (C=O) groups is 2. The van der Waals surface area contributed by atoms with Gasteiger partial charge in [-0.1, -0.05) is 39.5 Å². The van der Waals surface area contributed by atoms with Crippen LogP contribution in [0.3, 0.4) is 0 Å². The third-order valence-corrected chi connectivity index (χ3v) is 5.43. The van der Waals surface area contributed by atoms with Crippen LogP contribution in [0.15, 0.2) is 0 Å². The van der Waals surface area contributed by atoms with Crippen LogP contribution in [0, 0.1) is 0 Å². The molecule has 0 radical (unpaired) electrons. The molecule has 184 valence electrons. The van der Waals surface area contributed by atoms with Crippen LogP contribution in [0.25, 0.3) is 0 Å². The maximum atomic E-state index is 12.0. The summed E-state index contributed by atoms with van der Waals surface area (Å²) in [4.78, 5) is 33.7. The van der Waals surface area contributed by atoms with Crippen molar-refractivity contribution in [1.82, 2.24) is 0 Å². The maximum Gasteiger partial charge on any atom is 0.472 e. The first-order chi connectivity index (χ1) is 14.5. The smallest absolute Gasteiger partial charge is 0.462 e. The van der Waals surface area contributed by atoms with E-state index in [0.29, 0.717) is 17.4 Å². The summed E-state index contributed by atoms with van der Waals surface area (Å²) < 4.78 is 33.2. The normalized spacial score (nSPS) is 14.6. The minimum absolute atomic E-state index is 0.0719. The number of ether oxygens (including phenoxy) is 2. The molecule has 10 heteroatoms. The number of nitrogens with zero attached hydrogens (tertiary/aromatic N) is 1. The van der Waals surface area contributed by atoms with Crippen molar-refractivity contribution in [2.24, 2.45) is 0 Å². The van der Waals surface area contributed by atoms with Crippen LogP contribution < -0.4 is 0 Å². The number of unbranched alkanes of at least 4 members (excludes halogenated alkanes) is 4. The Bertz CT molecular complexity index is 550. The van der Waals surface area contributed by atoms with Gasteiger partial charge in [-0.2, -0.15) is 0 Å². The van der Waals surface area contributed by atoms with Gasteiger partial charge in [-0.25, -0.2) is 4.57 Å². The van der Waals surface area contributed by atoms with E-state index in [0.717, 1.165) is 38.5 Å². The first-order valence-corrected chi connectivity index (χ1v) is 12.8. The molecule has 0 aromatic carbocycles. The molecule has 9 nitrogen and oxygen atoms in total. The van der Waals surface area contributed by atoms with Crippen molar-refractivity contribution in [3.8, 4) is 0 Å². The molecule has 1 N–H and O–H groups in total. The summed E-state index contributed by atoms with van der Waals surface area (Å²) in [7, 11) is 1.61. The summed E-state index contributed by atoms with van der Waals surface area (Å²) in [5.41, 5.74) is 0. The summed E-state index contributed by atoms with van der Waals surface area (Å²) >= 11 is 0. The molecule has 0 aliphatic carbocycles. The number of hydrogen-bond acceptors (Lipinski definition) is 7. The zero-order chi connectivity index (χ0) is 23.8. The molecular formula is C21H43NO8P+. The third-order valence-electron chi connectivity index (χ3n) is 4.41. The third kappa shape index (κ3) is 19.4. The van der Waals surface area contributed by atoms with E-state index in [1.807, 2.05) is 35.0 Å². The second kappa shape index (κ2) is 16.6. The minimum Gasteiger partial charge on any atom is -0.462 e. The molecule has 0 saturated heterocycles. The Morgan fingerprint density at radius 2 is 1.45 bits per heavy atom. The largest absolute Gasteiger partial charge is 0.472 e. The Labute approximate surface area is 187 Å². The van der Waals surface area contributed by atoms with Crippen molar-refractivity contribution >= 4 is 19.8 Å². The average Bonchev–Trinajstić information content (AvgIpc) is 2.65. The van der Waals surface area contributed by atoms with E-state index in [9.17, 15) is 19.0 Å². The van der Waals surface area contributed by atoms with Crippen molar-refractivity contribution in [3.63, 3.8) is 0 Å². The molecule has 0 bridgehead atoms. The standard InChI is InChI=1S/C21H42NO8P/c1-6-8-10-12-20(23)27-18-19(30-21(24)13-11-9-7-2)14-16-28-31(25,26)29-17-15-22(3,4)5/h19H,6-18H2,1-5H3/p+1. The van der Waals surface area contributed by atoms with Crippen LogP contribution >= 0.6 is 7.82 Å². The Morgan fingerprint density at radius 1 is 0.903 bits per heavy atom. The first kappa shape index (κ1) is 30.0. The van der Waals surface area contributed by atoms with Gasteiger partial charge in [0, 0.05) is 19.3 Å². The monoisotopic (exact) mass is 468 g/mol. The van der Waals surface area contributed by atoms with Crippen molar-refractivity contribution in [3.05, 3.63) is 0 Å². The lowest BCUT2D eigenvalue weighted by Crippen LogP contribution is -2.37. The van der Waals surface area contributed by atoms with Gasteiger partial charge in [0.25, 0.3) is 0 Å². The number of quaternary nitrogens is 1. The van der Waals surface area contributed by atoms with Crippen molar-refractivity contribution < 1.29 is 42.1 Å². The van der Waals surface area contributed by atoms with Gasteiger partial charge in [0.1, 0.15) is 25.9 Å². The van der Waals surface area contributed by atoms with Gasteiger partial charge in [-0.15, -0.1) is 0 Å². The molecule has 2 atom stereocenters. The van der Waals surface area contributed by atoms with Crippen LogP contribution in [-0.2, 0) is 32.7 Å². The first-order valence-electron chi connectivity index (χ1n) is 11.3. The highest BCUT2D eigenvalue weighted by Gasteiger charge is 2.24. The summed E-state index contributed by atoms with van der Waals surface area (Å²) in [5.74, 6) is -0.732. The molecule has 0 amide bonds. The minimum atomic E-state index is -4.21. The second-order valence-electron chi connectivity index (χ2n) is 8.65. The summed E-state index contributed by atoms with van der Waals surface area (Å²) in [6.07, 6.45) is 5.29. The molecule has 0 aromatic heterocycles. The van der Waals surface area contributed by atoms with Gasteiger partial charge in [-0.05, 0) is 12.8 Å². The number of likely N-dealkylation sites (N-methyl/N-ethyl adjacent to an activating group) is 1. The van der Waals surface area contributed by atoms with Gasteiger partial charge in [0.2, 0.25) is 0 Å². The van der Waals surface area contributed by atoms with Gasteiger partial charge in [-0.3, -0.25) is 18.6 Å². The van der Waals surface area contributed by atoms with Crippen LogP contribution in [0.1, 0.15) is 71.6 Å². The number of rotatable bonds is 19. The van der Waals surface area contributed by atoms with Crippen molar-refractivity contribution in [2.45, 2.75) is 77.7 Å². The predicted molar refractivity (Wildman–Crippen MR) is 118 cm³/mol. The Morgan fingerprint density at radius 3 is 2.00 bits per heavy atom. The Balaban J connectivity index is 4.54. The van der Waals surface area contributed by atoms with E-state index < -0.39 is 13.9 Å². The van der Waals surface area contributed by atoms with E-state index in [1.165, 1.54) is 0 Å². The van der Waals surface area contributed by atoms with Crippen LogP contribution in [0.4, 0.5) is 0 Å². The number of phosphoric ester groups is 1. The number of esters is 2. The van der Waals surface area contributed by atoms with Gasteiger partial charge in [0.15, 0.2) is 0 Å². The fraction of sp³-hybridized carbons (Fsp3) is 0.905. The lowest BCUT2D eigenvalue weighted by atomic mass is 10.2. The van der Waals surface area contributed by atoms with E-state index in [2.05, 4.69) is 0 Å². The SMILES string of the molecule is CCCCCC(=O)OCC(CCOP(=O)(O)OCC[N+](C)(C)C)OC(=O)CCCCC. The highest BCUT2D eigenvalue weighted by Crippen LogP contribution is 2.43. The predicted octanol–water partition coefficient (Wildman–Crippen LogP) is 3.83. The highest BCUT2D eigenvalue weighted by molar-refractivity contribution is 7.47. The molecule has 0 heterocycles. The summed E-state index contributed by atoms with van der Waals surface area (Å²) in [5, 5.41) is 0. The highest BCUT2D eigenvalue weighted by atomic mass is 31.2. The maximum absolute atomic E-state index is 12.0. The molecule has 0 saturated carbocycles. The molecule has 0 rings (SSSR count). The number of carbonyl (C=O) groups excluding carboxylic acids is 2. The molecule has 0 spiro atoms. The van der Waals surface area contributed by atoms with Crippen LogP contribution in [0.5, 0.6) is 0 Å². The topological polar surface area (TPSA) is 108 Å². The molecular weight excluding hydrogens is 425 g/mol. The zero-order valence-corrected chi connectivity index (χ0v) is 20.9. The average molecular weight is 469 g/mol. The molecule has 0 fully saturated rings. The molecule has 0 aromatic rings. The molecule has 0 aliphatic rings. The van der Waals surface area contributed by atoms with E-state index in [-0.39, 0.29) is 44.6 Å². The van der Waals surface area contributed by atoms with E-state index >= 15 is 0 Å². The quantitative estimate of drug-likeness (QED) is 0.132. The van der Waals surface area contributed by atoms with E-state index in [1.54, 1.807) is 0 Å². The second-order valence-corrected chi connectivity index (χ2v) is 10.1. The van der Waals surface area contributed by atoms with Crippen molar-refractivity contribution in [2.75, 3.05) is 47.5 Å². The van der Waals surface area contributed by atoms with Crippen LogP contribution in [0.2, 0.25) is 0 Å². The summed E-state index contributed by atoms with van der Waals surface area (Å²) in [6, 6.07) is 0. The molecule has 0 aliphatic heterocycles. The fourth-order valence-electron chi connectivity index (χ4n) is 2.48. The van der Waals surface area contributed by atoms with Gasteiger partial charge < -0.3 is 18.9 Å². The Hall–Kier alpha value is -0.990. The van der Waals surface area contributed by atoms with Gasteiger partial charge >= 0.3 is 19.8 Å². The van der Waals surface area contributed by atoms with E-state index in [4.69, 9.17) is 18.5 Å². The lowest BCUT2D eigenvalue weighted by molar-refractivity contribution is -0.870. The molecule has 2 unspecified atom stereocenters. The summed E-state index contributed by atoms with van der Waals surface area (Å²) in [6.45, 7) is 4.43. The number of hydrogen-bond donors (Lipinski definition) is 1. The Kier molecular flexibility index (Phi) is 16.1. The number of phosphoric acid groups is 1.